The van der Waals surface area contributed by atoms with E-state index in [1.807, 2.05) is 24.4 Å². The highest BCUT2D eigenvalue weighted by molar-refractivity contribution is 7.17. The Labute approximate surface area is 124 Å². The van der Waals surface area contributed by atoms with Gasteiger partial charge in [0.05, 0.1) is 18.4 Å². The number of carbonyl (C=O) groups is 1. The fourth-order valence-electron chi connectivity index (χ4n) is 2.20. The number of aromatic nitrogens is 2. The summed E-state index contributed by atoms with van der Waals surface area (Å²) in [4.78, 5) is 27.8. The maximum atomic E-state index is 12.3. The number of nitrogens with two attached hydrogens (primary N) is 1. The smallest absolute Gasteiger partial charge is 0.271 e. The van der Waals surface area contributed by atoms with Gasteiger partial charge in [0.1, 0.15) is 4.70 Å². The summed E-state index contributed by atoms with van der Waals surface area (Å²) in [5.41, 5.74) is 8.28. The Balaban J connectivity index is 2.00. The van der Waals surface area contributed by atoms with Gasteiger partial charge in [-0.25, -0.2) is 4.98 Å². The number of rotatable bonds is 3. The molecule has 0 spiro atoms. The fourth-order valence-corrected chi connectivity index (χ4v) is 2.99. The quantitative estimate of drug-likeness (QED) is 0.802. The third kappa shape index (κ3) is 2.45. The summed E-state index contributed by atoms with van der Waals surface area (Å²) in [5.74, 6) is -0.455. The molecule has 1 aromatic carbocycles. The van der Waals surface area contributed by atoms with Gasteiger partial charge in [-0.15, -0.1) is 11.3 Å². The van der Waals surface area contributed by atoms with Crippen LogP contribution in [-0.2, 0) is 6.54 Å². The molecule has 3 aromatic rings. The molecule has 0 atom stereocenters. The number of primary amides is 1. The largest absolute Gasteiger partial charge is 0.366 e. The summed E-state index contributed by atoms with van der Waals surface area (Å²) in [5, 5.41) is 1.86. The molecule has 0 fully saturated rings. The summed E-state index contributed by atoms with van der Waals surface area (Å²) in [6.45, 7) is 2.31. The third-order valence-electron chi connectivity index (χ3n) is 3.40. The topological polar surface area (TPSA) is 78.0 Å². The lowest BCUT2D eigenvalue weighted by Gasteiger charge is -2.09. The summed E-state index contributed by atoms with van der Waals surface area (Å²) in [6.07, 6.45) is 1.55. The first-order valence-corrected chi connectivity index (χ1v) is 7.26. The Kier molecular flexibility index (Phi) is 3.31. The van der Waals surface area contributed by atoms with Gasteiger partial charge in [-0.3, -0.25) is 14.2 Å². The van der Waals surface area contributed by atoms with E-state index in [2.05, 4.69) is 4.98 Å². The van der Waals surface area contributed by atoms with Crippen LogP contribution in [0.15, 0.2) is 40.8 Å². The molecule has 2 heterocycles. The summed E-state index contributed by atoms with van der Waals surface area (Å²) in [6, 6.07) is 7.06. The van der Waals surface area contributed by atoms with Crippen molar-refractivity contribution in [2.24, 2.45) is 5.73 Å². The Morgan fingerprint density at radius 3 is 2.90 bits per heavy atom. The number of benzene rings is 1. The molecule has 6 heteroatoms. The average Bonchev–Trinajstić information content (AvgIpc) is 2.93. The Morgan fingerprint density at radius 1 is 1.38 bits per heavy atom. The first-order valence-electron chi connectivity index (χ1n) is 6.38. The second kappa shape index (κ2) is 5.14. The van der Waals surface area contributed by atoms with Crippen molar-refractivity contribution in [1.82, 2.24) is 9.55 Å². The molecule has 1 amide bonds. The zero-order chi connectivity index (χ0) is 15.0. The number of thiophene rings is 1. The molecule has 106 valence electrons. The zero-order valence-corrected chi connectivity index (χ0v) is 12.2. The van der Waals surface area contributed by atoms with Crippen LogP contribution in [0.25, 0.3) is 10.2 Å². The van der Waals surface area contributed by atoms with E-state index in [9.17, 15) is 9.59 Å². The maximum Gasteiger partial charge on any atom is 0.271 e. The highest BCUT2D eigenvalue weighted by Gasteiger charge is 2.08. The molecular weight excluding hydrogens is 286 g/mol. The lowest BCUT2D eigenvalue weighted by atomic mass is 10.0. The molecule has 0 saturated carbocycles. The van der Waals surface area contributed by atoms with Crippen molar-refractivity contribution in [2.75, 3.05) is 0 Å². The lowest BCUT2D eigenvalue weighted by Crippen LogP contribution is -2.20. The molecule has 21 heavy (non-hydrogen) atoms. The molecule has 0 saturated heterocycles. The van der Waals surface area contributed by atoms with Crippen LogP contribution < -0.4 is 11.3 Å². The first-order chi connectivity index (χ1) is 10.1. The van der Waals surface area contributed by atoms with Crippen LogP contribution in [0.4, 0.5) is 0 Å². The highest BCUT2D eigenvalue weighted by atomic mass is 32.1. The molecule has 0 radical (unpaired) electrons. The molecule has 0 bridgehead atoms. The standard InChI is InChI=1S/C15H13N3O2S/c1-9-6-10(14(16)19)2-3-11(9)7-18-8-17-12-4-5-21-13(12)15(18)20/h2-6,8H,7H2,1H3,(H2,16,19). The van der Waals surface area contributed by atoms with Crippen LogP contribution in [0.2, 0.25) is 0 Å². The number of fused-ring (bicyclic) bond motifs is 1. The van der Waals surface area contributed by atoms with Gasteiger partial charge < -0.3 is 5.73 Å². The summed E-state index contributed by atoms with van der Waals surface area (Å²) >= 11 is 1.39. The number of aryl methyl sites for hydroxylation is 1. The van der Waals surface area contributed by atoms with Gasteiger partial charge in [-0.2, -0.15) is 0 Å². The van der Waals surface area contributed by atoms with Crippen LogP contribution in [0.5, 0.6) is 0 Å². The van der Waals surface area contributed by atoms with Gasteiger partial charge in [0, 0.05) is 5.56 Å². The molecule has 2 aromatic heterocycles. The second-order valence-electron chi connectivity index (χ2n) is 4.82. The van der Waals surface area contributed by atoms with Crippen molar-refractivity contribution in [1.29, 1.82) is 0 Å². The van der Waals surface area contributed by atoms with Crippen molar-refractivity contribution in [3.63, 3.8) is 0 Å². The molecule has 0 aliphatic heterocycles. The summed E-state index contributed by atoms with van der Waals surface area (Å²) < 4.78 is 2.23. The lowest BCUT2D eigenvalue weighted by molar-refractivity contribution is 0.1000. The minimum Gasteiger partial charge on any atom is -0.366 e. The van der Waals surface area contributed by atoms with Gasteiger partial charge in [-0.05, 0) is 41.6 Å². The van der Waals surface area contributed by atoms with Gasteiger partial charge in [0.25, 0.3) is 5.56 Å². The van der Waals surface area contributed by atoms with E-state index in [0.717, 1.165) is 16.6 Å². The van der Waals surface area contributed by atoms with E-state index < -0.39 is 5.91 Å². The van der Waals surface area contributed by atoms with Gasteiger partial charge in [0.15, 0.2) is 0 Å². The van der Waals surface area contributed by atoms with Crippen molar-refractivity contribution in [3.8, 4) is 0 Å². The van der Waals surface area contributed by atoms with Crippen LogP contribution in [-0.4, -0.2) is 15.5 Å². The zero-order valence-electron chi connectivity index (χ0n) is 11.4. The number of amides is 1. The number of nitrogens with zero attached hydrogens (tertiary/aromatic N) is 2. The molecule has 0 aliphatic carbocycles. The Bertz CT molecular complexity index is 895. The normalized spacial score (nSPS) is 10.9. The number of carbonyl (C=O) groups excluding carboxylic acids is 1. The fraction of sp³-hybridized carbons (Fsp3) is 0.133. The van der Waals surface area contributed by atoms with Gasteiger partial charge >= 0.3 is 0 Å². The average molecular weight is 299 g/mol. The highest BCUT2D eigenvalue weighted by Crippen LogP contribution is 2.15. The van der Waals surface area contributed by atoms with Crippen molar-refractivity contribution in [2.45, 2.75) is 13.5 Å². The second-order valence-corrected chi connectivity index (χ2v) is 5.73. The maximum absolute atomic E-state index is 12.3. The van der Waals surface area contributed by atoms with E-state index in [1.54, 1.807) is 23.0 Å². The van der Waals surface area contributed by atoms with Crippen LogP contribution >= 0.6 is 11.3 Å². The van der Waals surface area contributed by atoms with Crippen LogP contribution in [0, 0.1) is 6.92 Å². The molecule has 2 N–H and O–H groups in total. The van der Waals surface area contributed by atoms with Crippen LogP contribution in [0.3, 0.4) is 0 Å². The third-order valence-corrected chi connectivity index (χ3v) is 4.30. The van der Waals surface area contributed by atoms with Crippen molar-refractivity contribution in [3.05, 3.63) is 63.0 Å². The first kappa shape index (κ1) is 13.5. The molecule has 5 nitrogen and oxygen atoms in total. The molecular formula is C15H13N3O2S. The van der Waals surface area contributed by atoms with E-state index in [1.165, 1.54) is 11.3 Å². The summed E-state index contributed by atoms with van der Waals surface area (Å²) in [7, 11) is 0. The number of hydrogen-bond acceptors (Lipinski definition) is 4. The minimum atomic E-state index is -0.455. The molecule has 3 rings (SSSR count). The minimum absolute atomic E-state index is 0.0478. The number of hydrogen-bond donors (Lipinski definition) is 1. The van der Waals surface area contributed by atoms with Gasteiger partial charge in [-0.1, -0.05) is 6.07 Å². The predicted octanol–water partition coefficient (Wildman–Crippen LogP) is 1.91. The van der Waals surface area contributed by atoms with Crippen molar-refractivity contribution >= 4 is 27.5 Å². The Hall–Kier alpha value is -2.47. The van der Waals surface area contributed by atoms with Crippen molar-refractivity contribution < 1.29 is 4.79 Å². The molecule has 0 unspecified atom stereocenters. The van der Waals surface area contributed by atoms with E-state index in [-0.39, 0.29) is 5.56 Å². The van der Waals surface area contributed by atoms with Gasteiger partial charge in [0.2, 0.25) is 5.91 Å². The predicted molar refractivity (Wildman–Crippen MR) is 82.7 cm³/mol. The monoisotopic (exact) mass is 299 g/mol. The molecule has 0 aliphatic rings. The SMILES string of the molecule is Cc1cc(C(N)=O)ccc1Cn1cnc2ccsc2c1=O. The van der Waals surface area contributed by atoms with E-state index in [4.69, 9.17) is 5.73 Å². The van der Waals surface area contributed by atoms with Crippen LogP contribution in [0.1, 0.15) is 21.5 Å². The van der Waals surface area contributed by atoms with E-state index >= 15 is 0 Å². The van der Waals surface area contributed by atoms with E-state index in [0.29, 0.717) is 16.8 Å². The Morgan fingerprint density at radius 2 is 2.19 bits per heavy atom.